The second kappa shape index (κ2) is 9.96. The van der Waals surface area contributed by atoms with Crippen LogP contribution in [0.1, 0.15) is 38.6 Å². The first-order chi connectivity index (χ1) is 18.8. The maximum Gasteiger partial charge on any atom is 0.329 e. The molecular formula is C28H30F2N6O3. The van der Waals surface area contributed by atoms with Crippen molar-refractivity contribution in [2.24, 2.45) is 7.05 Å². The lowest BCUT2D eigenvalue weighted by atomic mass is 9.99. The molecule has 0 bridgehead atoms. The third kappa shape index (κ3) is 4.50. The van der Waals surface area contributed by atoms with Gasteiger partial charge in [-0.05, 0) is 37.5 Å². The third-order valence-electron chi connectivity index (χ3n) is 7.44. The molecule has 1 atom stereocenters. The van der Waals surface area contributed by atoms with Crippen LogP contribution < -0.4 is 10.4 Å². The van der Waals surface area contributed by atoms with Crippen LogP contribution in [0.4, 0.5) is 8.78 Å². The van der Waals surface area contributed by atoms with Gasteiger partial charge in [0, 0.05) is 30.4 Å². The summed E-state index contributed by atoms with van der Waals surface area (Å²) in [5.41, 5.74) is 5.02. The molecular weight excluding hydrogens is 506 g/mol. The zero-order valence-corrected chi connectivity index (χ0v) is 21.8. The zero-order valence-electron chi connectivity index (χ0n) is 21.8. The van der Waals surface area contributed by atoms with Gasteiger partial charge < -0.3 is 14.8 Å². The largest absolute Gasteiger partial charge is 0.491 e. The number of alkyl halides is 2. The molecule has 1 aliphatic rings. The average molecular weight is 537 g/mol. The summed E-state index contributed by atoms with van der Waals surface area (Å²) in [6, 6.07) is 7.56. The fraction of sp³-hybridized carbons (Fsp3) is 0.393. The minimum Gasteiger partial charge on any atom is -0.491 e. The van der Waals surface area contributed by atoms with E-state index in [0.717, 1.165) is 53.2 Å². The third-order valence-corrected chi connectivity index (χ3v) is 7.44. The van der Waals surface area contributed by atoms with Gasteiger partial charge in [0.15, 0.2) is 0 Å². The number of fused-ring (bicyclic) bond motifs is 3. The summed E-state index contributed by atoms with van der Waals surface area (Å²) in [5, 5.41) is 14.5. The quantitative estimate of drug-likeness (QED) is 0.294. The van der Waals surface area contributed by atoms with Gasteiger partial charge >= 0.3 is 5.69 Å². The smallest absolute Gasteiger partial charge is 0.329 e. The van der Waals surface area contributed by atoms with Crippen LogP contribution >= 0.6 is 0 Å². The Morgan fingerprint density at radius 3 is 2.59 bits per heavy atom. The molecule has 0 spiro atoms. The van der Waals surface area contributed by atoms with Crippen LogP contribution in [-0.2, 0) is 13.6 Å². The SMILES string of the molecule is C[C@@H](O)COc1ccc(-c2c(-c3cnn(CC(F)F)c3)[nH]c3ncc4c(c23)n(C2CCCC2)c(=O)n4C)cc1. The van der Waals surface area contributed by atoms with E-state index >= 15 is 0 Å². The maximum atomic E-state index is 13.5. The van der Waals surface area contributed by atoms with E-state index in [2.05, 4.69) is 15.1 Å². The Labute approximate surface area is 222 Å². The monoisotopic (exact) mass is 536 g/mol. The van der Waals surface area contributed by atoms with Crippen LogP contribution in [0.2, 0.25) is 0 Å². The number of aliphatic hydroxyl groups is 1. The maximum absolute atomic E-state index is 13.5. The minimum atomic E-state index is -2.53. The van der Waals surface area contributed by atoms with Gasteiger partial charge in [0.1, 0.15) is 24.5 Å². The molecule has 0 unspecified atom stereocenters. The number of benzene rings is 1. The fourth-order valence-corrected chi connectivity index (χ4v) is 5.65. The Morgan fingerprint density at radius 1 is 1.15 bits per heavy atom. The molecule has 0 radical (unpaired) electrons. The Hall–Kier alpha value is -3.99. The van der Waals surface area contributed by atoms with Crippen molar-refractivity contribution < 1.29 is 18.6 Å². The number of aryl methyl sites for hydroxylation is 1. The fourth-order valence-electron chi connectivity index (χ4n) is 5.65. The van der Waals surface area contributed by atoms with Crippen LogP contribution in [-0.4, -0.2) is 53.1 Å². The Kier molecular flexibility index (Phi) is 6.46. The minimum absolute atomic E-state index is 0.0773. The zero-order chi connectivity index (χ0) is 27.3. The number of H-pyrrole nitrogens is 1. The summed E-state index contributed by atoms with van der Waals surface area (Å²) in [7, 11) is 1.76. The van der Waals surface area contributed by atoms with Crippen LogP contribution in [0, 0.1) is 0 Å². The Morgan fingerprint density at radius 2 is 1.90 bits per heavy atom. The molecule has 2 N–H and O–H groups in total. The van der Waals surface area contributed by atoms with Gasteiger partial charge in [0.05, 0.1) is 40.6 Å². The normalized spacial score (nSPS) is 15.2. The van der Waals surface area contributed by atoms with E-state index in [4.69, 9.17) is 4.74 Å². The number of halogens is 2. The number of aromatic nitrogens is 6. The van der Waals surface area contributed by atoms with Gasteiger partial charge in [-0.3, -0.25) is 13.8 Å². The molecule has 4 heterocycles. The summed E-state index contributed by atoms with van der Waals surface area (Å²) in [4.78, 5) is 21.6. The molecule has 1 fully saturated rings. The molecule has 1 aromatic carbocycles. The number of nitrogens with zero attached hydrogens (tertiary/aromatic N) is 5. The number of aromatic amines is 1. The molecule has 0 saturated heterocycles. The first-order valence-electron chi connectivity index (χ1n) is 13.2. The first kappa shape index (κ1) is 25.3. The molecule has 9 nitrogen and oxygen atoms in total. The lowest BCUT2D eigenvalue weighted by Gasteiger charge is -2.13. The van der Waals surface area contributed by atoms with E-state index in [1.54, 1.807) is 37.1 Å². The van der Waals surface area contributed by atoms with Crippen molar-refractivity contribution in [2.45, 2.75) is 57.7 Å². The highest BCUT2D eigenvalue weighted by Crippen LogP contribution is 2.42. The number of hydrogen-bond acceptors (Lipinski definition) is 5. The number of ether oxygens (including phenoxy) is 1. The van der Waals surface area contributed by atoms with Crippen LogP contribution in [0.3, 0.4) is 0 Å². The molecule has 0 amide bonds. The van der Waals surface area contributed by atoms with E-state index in [-0.39, 0.29) is 18.3 Å². The van der Waals surface area contributed by atoms with Crippen molar-refractivity contribution in [1.29, 1.82) is 0 Å². The summed E-state index contributed by atoms with van der Waals surface area (Å²) in [6.45, 7) is 1.32. The number of imidazole rings is 1. The first-order valence-corrected chi connectivity index (χ1v) is 13.2. The average Bonchev–Trinajstić information content (AvgIpc) is 3.70. The lowest BCUT2D eigenvalue weighted by molar-refractivity contribution is 0.122. The molecule has 0 aliphatic heterocycles. The van der Waals surface area contributed by atoms with Crippen molar-refractivity contribution in [1.82, 2.24) is 28.9 Å². The highest BCUT2D eigenvalue weighted by Gasteiger charge is 2.28. The topological polar surface area (TPSA) is 103 Å². The summed E-state index contributed by atoms with van der Waals surface area (Å²) in [6.07, 6.45) is 5.75. The number of rotatable bonds is 8. The van der Waals surface area contributed by atoms with E-state index in [9.17, 15) is 18.7 Å². The van der Waals surface area contributed by atoms with Crippen molar-refractivity contribution >= 4 is 22.1 Å². The Bertz CT molecular complexity index is 1690. The molecule has 1 saturated carbocycles. The molecule has 4 aromatic heterocycles. The number of pyridine rings is 1. The number of hydrogen-bond donors (Lipinski definition) is 2. The van der Waals surface area contributed by atoms with Gasteiger partial charge in [-0.1, -0.05) is 25.0 Å². The molecule has 5 aromatic rings. The molecule has 11 heteroatoms. The van der Waals surface area contributed by atoms with Gasteiger partial charge in [-0.15, -0.1) is 0 Å². The summed E-state index contributed by atoms with van der Waals surface area (Å²) in [5.74, 6) is 0.608. The van der Waals surface area contributed by atoms with Crippen molar-refractivity contribution in [3.8, 4) is 28.1 Å². The molecule has 1 aliphatic carbocycles. The van der Waals surface area contributed by atoms with Crippen molar-refractivity contribution in [2.75, 3.05) is 6.61 Å². The van der Waals surface area contributed by atoms with Gasteiger partial charge in [-0.25, -0.2) is 18.6 Å². The predicted molar refractivity (Wildman–Crippen MR) is 144 cm³/mol. The highest BCUT2D eigenvalue weighted by molar-refractivity contribution is 6.14. The summed E-state index contributed by atoms with van der Waals surface area (Å²) < 4.78 is 36.6. The Balaban J connectivity index is 1.61. The molecule has 39 heavy (non-hydrogen) atoms. The summed E-state index contributed by atoms with van der Waals surface area (Å²) >= 11 is 0. The van der Waals surface area contributed by atoms with E-state index < -0.39 is 19.1 Å². The van der Waals surface area contributed by atoms with Crippen molar-refractivity contribution in [3.05, 3.63) is 53.3 Å². The predicted octanol–water partition coefficient (Wildman–Crippen LogP) is 4.89. The second-order valence-electron chi connectivity index (χ2n) is 10.3. The van der Waals surface area contributed by atoms with Gasteiger partial charge in [0.25, 0.3) is 6.43 Å². The van der Waals surface area contributed by atoms with Crippen LogP contribution in [0.5, 0.6) is 5.75 Å². The number of aliphatic hydroxyl groups excluding tert-OH is 1. The highest BCUT2D eigenvalue weighted by atomic mass is 19.3. The standard InChI is InChI=1S/C28H30F2N6O3/c1-16(37)15-39-20-9-7-17(8-10-20)23-24-26-21(34(2)28(38)36(26)19-5-3-4-6-19)12-31-27(24)33-25(23)18-11-32-35(13-18)14-22(29)30/h7-13,16,19,22,37H,3-6,14-15H2,1-2H3,(H,31,33)/t16-/m1/s1. The van der Waals surface area contributed by atoms with Crippen LogP contribution in [0.25, 0.3) is 44.5 Å². The van der Waals surface area contributed by atoms with Crippen molar-refractivity contribution in [3.63, 3.8) is 0 Å². The number of nitrogens with one attached hydrogen (secondary N) is 1. The molecule has 204 valence electrons. The lowest BCUT2D eigenvalue weighted by Crippen LogP contribution is -2.24. The van der Waals surface area contributed by atoms with E-state index in [0.29, 0.717) is 22.7 Å². The van der Waals surface area contributed by atoms with E-state index in [1.165, 1.54) is 4.68 Å². The van der Waals surface area contributed by atoms with Gasteiger partial charge in [0.2, 0.25) is 0 Å². The van der Waals surface area contributed by atoms with E-state index in [1.807, 2.05) is 28.8 Å². The second-order valence-corrected chi connectivity index (χ2v) is 10.3. The van der Waals surface area contributed by atoms with Gasteiger partial charge in [-0.2, -0.15) is 5.10 Å². The van der Waals surface area contributed by atoms with Crippen LogP contribution in [0.15, 0.2) is 47.7 Å². The molecule has 6 rings (SSSR count).